The Kier molecular flexibility index (Phi) is 7.49. The number of fused-ring (bicyclic) bond motifs is 3. The van der Waals surface area contributed by atoms with Gasteiger partial charge in [-0.05, 0) is 84.6 Å². The monoisotopic (exact) mass is 686 g/mol. The van der Waals surface area contributed by atoms with Gasteiger partial charge in [-0.1, -0.05) is 164 Å². The van der Waals surface area contributed by atoms with Gasteiger partial charge in [0.15, 0.2) is 17.5 Å². The number of hydrogen-bond acceptors (Lipinski definition) is 4. The molecule has 1 aliphatic carbocycles. The molecular weight excluding hydrogens is 657 g/mol. The van der Waals surface area contributed by atoms with Crippen LogP contribution in [-0.2, 0) is 0 Å². The zero-order valence-corrected chi connectivity index (χ0v) is 29.1. The van der Waals surface area contributed by atoms with Crippen molar-refractivity contribution < 1.29 is 0 Å². The summed E-state index contributed by atoms with van der Waals surface area (Å²) in [6.45, 7) is 0. The highest BCUT2D eigenvalue weighted by molar-refractivity contribution is 6.22. The molecule has 4 heteroatoms. The predicted molar refractivity (Wildman–Crippen MR) is 219 cm³/mol. The van der Waals surface area contributed by atoms with E-state index in [-0.39, 0.29) is 0 Å². The molecule has 0 aliphatic heterocycles. The van der Waals surface area contributed by atoms with E-state index >= 15 is 0 Å². The van der Waals surface area contributed by atoms with Crippen LogP contribution in [0.1, 0.15) is 5.56 Å². The Morgan fingerprint density at radius 2 is 0.796 bits per heavy atom. The number of hydrogen-bond donors (Lipinski definition) is 0. The van der Waals surface area contributed by atoms with Crippen LogP contribution >= 0.6 is 0 Å². The maximum atomic E-state index is 9.60. The number of aromatic nitrogens is 3. The highest BCUT2D eigenvalue weighted by Gasteiger charge is 2.30. The first-order chi connectivity index (χ1) is 26.7. The van der Waals surface area contributed by atoms with E-state index in [4.69, 9.17) is 15.0 Å². The Labute approximate surface area is 313 Å². The second kappa shape index (κ2) is 12.9. The summed E-state index contributed by atoms with van der Waals surface area (Å²) < 4.78 is 0. The molecule has 1 aromatic heterocycles. The van der Waals surface area contributed by atoms with Crippen LogP contribution in [0.25, 0.3) is 101 Å². The van der Waals surface area contributed by atoms with E-state index in [0.717, 1.165) is 27.8 Å². The first kappa shape index (κ1) is 31.3. The van der Waals surface area contributed by atoms with Gasteiger partial charge < -0.3 is 0 Å². The zero-order chi connectivity index (χ0) is 36.0. The first-order valence-corrected chi connectivity index (χ1v) is 18.0. The molecule has 10 rings (SSSR count). The molecule has 0 unspecified atom stereocenters. The Morgan fingerprint density at radius 1 is 0.333 bits per heavy atom. The summed E-state index contributed by atoms with van der Waals surface area (Å²) in [6, 6.07) is 65.4. The minimum atomic E-state index is 0.520. The smallest absolute Gasteiger partial charge is 0.164 e. The number of nitriles is 1. The van der Waals surface area contributed by atoms with E-state index in [1.54, 1.807) is 6.07 Å². The van der Waals surface area contributed by atoms with Crippen molar-refractivity contribution in [3.63, 3.8) is 0 Å². The largest absolute Gasteiger partial charge is 0.208 e. The summed E-state index contributed by atoms with van der Waals surface area (Å²) in [4.78, 5) is 14.8. The van der Waals surface area contributed by atoms with Crippen LogP contribution < -0.4 is 0 Å². The van der Waals surface area contributed by atoms with Crippen LogP contribution in [0.2, 0.25) is 0 Å². The minimum Gasteiger partial charge on any atom is -0.208 e. The van der Waals surface area contributed by atoms with Crippen LogP contribution in [0.5, 0.6) is 0 Å². The van der Waals surface area contributed by atoms with E-state index in [2.05, 4.69) is 133 Å². The normalized spacial score (nSPS) is 11.3. The molecule has 9 aromatic rings. The van der Waals surface area contributed by atoms with Gasteiger partial charge in [-0.3, -0.25) is 0 Å². The van der Waals surface area contributed by atoms with Gasteiger partial charge in [-0.25, -0.2) is 15.0 Å². The summed E-state index contributed by atoms with van der Waals surface area (Å²) in [5.74, 6) is 1.66. The fraction of sp³-hybridized carbons (Fsp3) is 0. The van der Waals surface area contributed by atoms with Crippen molar-refractivity contribution in [2.75, 3.05) is 0 Å². The second-order valence-corrected chi connectivity index (χ2v) is 13.5. The van der Waals surface area contributed by atoms with Gasteiger partial charge in [0.1, 0.15) is 0 Å². The fourth-order valence-electron chi connectivity index (χ4n) is 7.84. The van der Waals surface area contributed by atoms with Gasteiger partial charge in [0.2, 0.25) is 0 Å². The third kappa shape index (κ3) is 5.27. The SMILES string of the molecule is N#Cc1cccc(-c2nc(-c3ccccc3)nc(-c3ccc(-c4cc(-c5ccccc5)c5c(c4-c4ccccc4)-c4cccc6cccc-5c46)cc3)n2)c1. The molecule has 54 heavy (non-hydrogen) atoms. The molecule has 4 nitrogen and oxygen atoms in total. The molecule has 8 aromatic carbocycles. The number of benzene rings is 8. The first-order valence-electron chi connectivity index (χ1n) is 18.0. The predicted octanol–water partition coefficient (Wildman–Crippen LogP) is 12.5. The van der Waals surface area contributed by atoms with Gasteiger partial charge in [0.25, 0.3) is 0 Å². The lowest BCUT2D eigenvalue weighted by molar-refractivity contribution is 1.07. The summed E-state index contributed by atoms with van der Waals surface area (Å²) in [5, 5.41) is 12.1. The van der Waals surface area contributed by atoms with Crippen molar-refractivity contribution in [2.45, 2.75) is 0 Å². The minimum absolute atomic E-state index is 0.520. The van der Waals surface area contributed by atoms with Crippen molar-refractivity contribution in [1.29, 1.82) is 5.26 Å². The molecule has 0 amide bonds. The van der Waals surface area contributed by atoms with E-state index in [1.807, 2.05) is 48.5 Å². The molecule has 1 heterocycles. The summed E-state index contributed by atoms with van der Waals surface area (Å²) >= 11 is 0. The Balaban J connectivity index is 1.19. The van der Waals surface area contributed by atoms with Crippen molar-refractivity contribution in [1.82, 2.24) is 15.0 Å². The molecule has 250 valence electrons. The number of rotatable bonds is 6. The quantitative estimate of drug-likeness (QED) is 0.175. The molecule has 0 spiro atoms. The van der Waals surface area contributed by atoms with Crippen LogP contribution in [0.3, 0.4) is 0 Å². The molecule has 1 aliphatic rings. The van der Waals surface area contributed by atoms with Crippen LogP contribution in [0.4, 0.5) is 0 Å². The van der Waals surface area contributed by atoms with E-state index in [1.165, 1.54) is 55.3 Å². The van der Waals surface area contributed by atoms with Crippen LogP contribution in [-0.4, -0.2) is 15.0 Å². The molecular formula is C50H30N4. The Morgan fingerprint density at radius 3 is 1.43 bits per heavy atom. The van der Waals surface area contributed by atoms with E-state index < -0.39 is 0 Å². The molecule has 0 fully saturated rings. The van der Waals surface area contributed by atoms with Crippen LogP contribution in [0, 0.1) is 11.3 Å². The Hall–Kier alpha value is -7.48. The fourth-order valence-corrected chi connectivity index (χ4v) is 7.84. The zero-order valence-electron chi connectivity index (χ0n) is 29.1. The van der Waals surface area contributed by atoms with Crippen molar-refractivity contribution in [3.05, 3.63) is 188 Å². The number of nitrogens with zero attached hydrogens (tertiary/aromatic N) is 4. The average Bonchev–Trinajstić information content (AvgIpc) is 3.59. The molecule has 0 bridgehead atoms. The van der Waals surface area contributed by atoms with Gasteiger partial charge in [0, 0.05) is 16.7 Å². The highest BCUT2D eigenvalue weighted by Crippen LogP contribution is 2.57. The standard InChI is InChI=1S/C50H30N4/c51-31-32-13-10-22-39(29-32)50-53-48(37-18-8-3-9-19-37)52-49(54-50)38-27-25-34(26-28-38)42-30-43(33-14-4-1-5-15-33)46-40-23-11-20-35-21-12-24-41(44(35)40)47(46)45(42)36-16-6-2-7-17-36/h1-30H. The maximum absolute atomic E-state index is 9.60. The molecule has 0 radical (unpaired) electrons. The molecule has 0 N–H and O–H groups in total. The van der Waals surface area contributed by atoms with Gasteiger partial charge in [-0.15, -0.1) is 0 Å². The van der Waals surface area contributed by atoms with E-state index in [0.29, 0.717) is 23.0 Å². The maximum Gasteiger partial charge on any atom is 0.164 e. The topological polar surface area (TPSA) is 62.5 Å². The second-order valence-electron chi connectivity index (χ2n) is 13.5. The van der Waals surface area contributed by atoms with Crippen molar-refractivity contribution in [2.24, 2.45) is 0 Å². The summed E-state index contributed by atoms with van der Waals surface area (Å²) in [5.41, 5.74) is 15.2. The third-order valence-electron chi connectivity index (χ3n) is 10.3. The van der Waals surface area contributed by atoms with E-state index in [9.17, 15) is 5.26 Å². The van der Waals surface area contributed by atoms with Gasteiger partial charge >= 0.3 is 0 Å². The lowest BCUT2D eigenvalue weighted by Gasteiger charge is -2.21. The summed E-state index contributed by atoms with van der Waals surface area (Å²) in [6.07, 6.45) is 0. The molecule has 0 saturated heterocycles. The van der Waals surface area contributed by atoms with Gasteiger partial charge in [0.05, 0.1) is 11.6 Å². The Bertz CT molecular complexity index is 2910. The molecule has 0 atom stereocenters. The van der Waals surface area contributed by atoms with Crippen LogP contribution in [0.15, 0.2) is 182 Å². The lowest BCUT2D eigenvalue weighted by atomic mass is 9.82. The third-order valence-corrected chi connectivity index (χ3v) is 10.3. The lowest BCUT2D eigenvalue weighted by Crippen LogP contribution is -2.00. The van der Waals surface area contributed by atoms with Gasteiger partial charge in [-0.2, -0.15) is 5.26 Å². The highest BCUT2D eigenvalue weighted by atomic mass is 15.0. The van der Waals surface area contributed by atoms with Crippen molar-refractivity contribution in [3.8, 4) is 95.9 Å². The summed E-state index contributed by atoms with van der Waals surface area (Å²) in [7, 11) is 0. The van der Waals surface area contributed by atoms with Crippen molar-refractivity contribution >= 4 is 10.8 Å². The molecule has 0 saturated carbocycles. The average molecular weight is 687 g/mol.